The number of fused-ring (bicyclic) bond motifs is 1. The highest BCUT2D eigenvalue weighted by atomic mass is 16.5. The van der Waals surface area contributed by atoms with Crippen LogP contribution in [-0.4, -0.2) is 25.1 Å². The van der Waals surface area contributed by atoms with Crippen LogP contribution in [0.1, 0.15) is 38.7 Å². The van der Waals surface area contributed by atoms with Gasteiger partial charge in [0.25, 0.3) is 0 Å². The van der Waals surface area contributed by atoms with Crippen molar-refractivity contribution in [3.63, 3.8) is 0 Å². The second-order valence-electron chi connectivity index (χ2n) is 5.42. The van der Waals surface area contributed by atoms with E-state index in [2.05, 4.69) is 0 Å². The van der Waals surface area contributed by atoms with Crippen molar-refractivity contribution in [2.24, 2.45) is 5.73 Å². The van der Waals surface area contributed by atoms with Crippen LogP contribution in [0.5, 0.6) is 5.75 Å². The van der Waals surface area contributed by atoms with Crippen molar-refractivity contribution in [2.45, 2.75) is 45.1 Å². The summed E-state index contributed by atoms with van der Waals surface area (Å²) >= 11 is 0. The topological polar surface area (TPSA) is 55.6 Å². The smallest absolute Gasteiger partial charge is 0.247 e. The largest absolute Gasteiger partial charge is 0.497 e. The lowest BCUT2D eigenvalue weighted by molar-refractivity contribution is -0.124. The number of amides is 1. The van der Waals surface area contributed by atoms with E-state index in [4.69, 9.17) is 10.5 Å². The number of methoxy groups -OCH3 is 1. The van der Waals surface area contributed by atoms with Crippen LogP contribution in [0.2, 0.25) is 0 Å². The van der Waals surface area contributed by atoms with E-state index >= 15 is 0 Å². The molecule has 1 aromatic carbocycles. The van der Waals surface area contributed by atoms with Crippen LogP contribution in [0.4, 0.5) is 5.69 Å². The Kier molecular flexibility index (Phi) is 4.33. The molecule has 4 nitrogen and oxygen atoms in total. The number of nitrogens with two attached hydrogens (primary N) is 1. The van der Waals surface area contributed by atoms with Crippen LogP contribution in [0, 0.1) is 0 Å². The fourth-order valence-corrected chi connectivity index (χ4v) is 2.73. The van der Waals surface area contributed by atoms with E-state index in [-0.39, 0.29) is 5.91 Å². The van der Waals surface area contributed by atoms with Gasteiger partial charge in [0.1, 0.15) is 5.75 Å². The number of ether oxygens (including phenoxy) is 1. The molecule has 0 atom stereocenters. The minimum Gasteiger partial charge on any atom is -0.497 e. The van der Waals surface area contributed by atoms with Crippen molar-refractivity contribution in [1.29, 1.82) is 0 Å². The van der Waals surface area contributed by atoms with Gasteiger partial charge in [-0.05, 0) is 49.4 Å². The minimum atomic E-state index is -0.755. The first kappa shape index (κ1) is 14.9. The van der Waals surface area contributed by atoms with E-state index in [0.29, 0.717) is 12.8 Å². The van der Waals surface area contributed by atoms with E-state index < -0.39 is 5.54 Å². The first-order valence-electron chi connectivity index (χ1n) is 7.33. The number of hydrogen-bond acceptors (Lipinski definition) is 3. The average Bonchev–Trinajstić information content (AvgIpc) is 2.52. The van der Waals surface area contributed by atoms with E-state index in [1.165, 1.54) is 5.56 Å². The molecule has 1 aliphatic heterocycles. The number of carbonyl (C=O) groups excluding carboxylic acids is 1. The molecular formula is C16H24N2O2. The van der Waals surface area contributed by atoms with Gasteiger partial charge in [0, 0.05) is 12.2 Å². The van der Waals surface area contributed by atoms with E-state index in [9.17, 15) is 4.79 Å². The Labute approximate surface area is 120 Å². The van der Waals surface area contributed by atoms with Gasteiger partial charge in [-0.15, -0.1) is 0 Å². The van der Waals surface area contributed by atoms with E-state index in [1.807, 2.05) is 36.9 Å². The highest BCUT2D eigenvalue weighted by Crippen LogP contribution is 2.32. The molecule has 0 spiro atoms. The van der Waals surface area contributed by atoms with Crippen molar-refractivity contribution < 1.29 is 9.53 Å². The molecule has 0 unspecified atom stereocenters. The van der Waals surface area contributed by atoms with Gasteiger partial charge in [-0.25, -0.2) is 0 Å². The third-order valence-electron chi connectivity index (χ3n) is 4.34. The van der Waals surface area contributed by atoms with Gasteiger partial charge in [0.2, 0.25) is 5.91 Å². The molecule has 2 rings (SSSR count). The van der Waals surface area contributed by atoms with Crippen molar-refractivity contribution in [3.8, 4) is 5.75 Å². The van der Waals surface area contributed by atoms with Gasteiger partial charge in [-0.1, -0.05) is 13.8 Å². The molecule has 110 valence electrons. The van der Waals surface area contributed by atoms with Crippen molar-refractivity contribution in [2.75, 3.05) is 18.6 Å². The van der Waals surface area contributed by atoms with Gasteiger partial charge >= 0.3 is 0 Å². The SMILES string of the molecule is CCC(N)(CC)C(=O)N1CCCc2cc(OC)ccc21. The first-order valence-corrected chi connectivity index (χ1v) is 7.33. The second-order valence-corrected chi connectivity index (χ2v) is 5.42. The molecule has 0 radical (unpaired) electrons. The highest BCUT2D eigenvalue weighted by Gasteiger charge is 2.36. The third kappa shape index (κ3) is 2.52. The van der Waals surface area contributed by atoms with Gasteiger partial charge in [-0.2, -0.15) is 0 Å². The number of benzene rings is 1. The molecule has 0 aromatic heterocycles. The maximum Gasteiger partial charge on any atom is 0.247 e. The Bertz CT molecular complexity index is 495. The van der Waals surface area contributed by atoms with Crippen LogP contribution in [0.15, 0.2) is 18.2 Å². The number of aryl methyl sites for hydroxylation is 1. The molecule has 0 bridgehead atoms. The summed E-state index contributed by atoms with van der Waals surface area (Å²) in [7, 11) is 1.66. The Morgan fingerprint density at radius 1 is 1.40 bits per heavy atom. The molecule has 2 N–H and O–H groups in total. The molecule has 0 saturated carbocycles. The second kappa shape index (κ2) is 5.83. The number of anilines is 1. The van der Waals surface area contributed by atoms with Crippen molar-refractivity contribution in [1.82, 2.24) is 0 Å². The zero-order chi connectivity index (χ0) is 14.8. The summed E-state index contributed by atoms with van der Waals surface area (Å²) in [6.45, 7) is 4.69. The minimum absolute atomic E-state index is 0.0358. The van der Waals surface area contributed by atoms with Crippen LogP contribution in [0.3, 0.4) is 0 Å². The summed E-state index contributed by atoms with van der Waals surface area (Å²) in [4.78, 5) is 14.6. The number of carbonyl (C=O) groups is 1. The monoisotopic (exact) mass is 276 g/mol. The molecular weight excluding hydrogens is 252 g/mol. The predicted molar refractivity (Wildman–Crippen MR) is 81.2 cm³/mol. The lowest BCUT2D eigenvalue weighted by atomic mass is 9.90. The Morgan fingerprint density at radius 3 is 2.70 bits per heavy atom. The molecule has 20 heavy (non-hydrogen) atoms. The Morgan fingerprint density at radius 2 is 2.10 bits per heavy atom. The lowest BCUT2D eigenvalue weighted by Crippen LogP contribution is -2.55. The van der Waals surface area contributed by atoms with Gasteiger partial charge in [0.05, 0.1) is 12.6 Å². The fraction of sp³-hybridized carbons (Fsp3) is 0.562. The predicted octanol–water partition coefficient (Wildman–Crippen LogP) is 2.49. The molecule has 4 heteroatoms. The Hall–Kier alpha value is -1.55. The molecule has 0 aliphatic carbocycles. The van der Waals surface area contributed by atoms with Crippen molar-refractivity contribution in [3.05, 3.63) is 23.8 Å². The third-order valence-corrected chi connectivity index (χ3v) is 4.34. The van der Waals surface area contributed by atoms with Crippen LogP contribution >= 0.6 is 0 Å². The maximum absolute atomic E-state index is 12.8. The number of hydrogen-bond donors (Lipinski definition) is 1. The van der Waals surface area contributed by atoms with Crippen LogP contribution in [0.25, 0.3) is 0 Å². The van der Waals surface area contributed by atoms with E-state index in [1.54, 1.807) is 7.11 Å². The molecule has 1 aromatic rings. The van der Waals surface area contributed by atoms with E-state index in [0.717, 1.165) is 30.8 Å². The zero-order valence-corrected chi connectivity index (χ0v) is 12.6. The lowest BCUT2D eigenvalue weighted by Gasteiger charge is -2.36. The molecule has 1 heterocycles. The molecule has 0 fully saturated rings. The molecule has 1 aliphatic rings. The van der Waals surface area contributed by atoms with Gasteiger partial charge < -0.3 is 15.4 Å². The summed E-state index contributed by atoms with van der Waals surface area (Å²) in [5.41, 5.74) is 7.66. The fourth-order valence-electron chi connectivity index (χ4n) is 2.73. The summed E-state index contributed by atoms with van der Waals surface area (Å²) in [5.74, 6) is 0.872. The van der Waals surface area contributed by atoms with Crippen molar-refractivity contribution >= 4 is 11.6 Å². The van der Waals surface area contributed by atoms with Gasteiger partial charge in [-0.3, -0.25) is 4.79 Å². The van der Waals surface area contributed by atoms with Crippen LogP contribution in [-0.2, 0) is 11.2 Å². The number of nitrogens with zero attached hydrogens (tertiary/aromatic N) is 1. The molecule has 0 saturated heterocycles. The summed E-state index contributed by atoms with van der Waals surface area (Å²) < 4.78 is 5.26. The highest BCUT2D eigenvalue weighted by molar-refractivity contribution is 6.01. The summed E-state index contributed by atoms with van der Waals surface area (Å²) in [6.07, 6.45) is 3.26. The summed E-state index contributed by atoms with van der Waals surface area (Å²) in [5, 5.41) is 0. The summed E-state index contributed by atoms with van der Waals surface area (Å²) in [6, 6.07) is 5.89. The normalized spacial score (nSPS) is 14.9. The standard InChI is InChI=1S/C16H24N2O2/c1-4-16(17,5-2)15(19)18-10-6-7-12-11-13(20-3)8-9-14(12)18/h8-9,11H,4-7,10,17H2,1-3H3. The Balaban J connectivity index is 2.35. The maximum atomic E-state index is 12.8. The quantitative estimate of drug-likeness (QED) is 0.919. The average molecular weight is 276 g/mol. The molecule has 1 amide bonds. The zero-order valence-electron chi connectivity index (χ0n) is 12.6. The first-order chi connectivity index (χ1) is 9.55. The van der Waals surface area contributed by atoms with Gasteiger partial charge in [0.15, 0.2) is 0 Å². The number of rotatable bonds is 4. The van der Waals surface area contributed by atoms with Crippen LogP contribution < -0.4 is 15.4 Å².